The summed E-state index contributed by atoms with van der Waals surface area (Å²) >= 11 is 0. The van der Waals surface area contributed by atoms with Crippen LogP contribution in [0.2, 0.25) is 0 Å². The molecular formula is C11H22N2O. The molecule has 82 valence electrons. The minimum absolute atomic E-state index is 0.683. The first-order chi connectivity index (χ1) is 6.90. The highest BCUT2D eigenvalue weighted by atomic mass is 16.5. The maximum atomic E-state index is 5.26. The average Bonchev–Trinajstić information content (AvgIpc) is 2.80. The zero-order chi connectivity index (χ0) is 9.80. The molecule has 0 saturated carbocycles. The molecule has 0 aromatic rings. The van der Waals surface area contributed by atoms with Crippen molar-refractivity contribution in [1.82, 2.24) is 10.2 Å². The van der Waals surface area contributed by atoms with E-state index >= 15 is 0 Å². The Labute approximate surface area is 86.8 Å². The summed E-state index contributed by atoms with van der Waals surface area (Å²) in [6, 6.07) is 1.43. The molecule has 1 N–H and O–H groups in total. The fourth-order valence-corrected chi connectivity index (χ4v) is 2.71. The summed E-state index contributed by atoms with van der Waals surface area (Å²) in [5.41, 5.74) is 0. The molecule has 2 fully saturated rings. The lowest BCUT2D eigenvalue weighted by Gasteiger charge is -2.26. The molecule has 2 rings (SSSR count). The number of likely N-dealkylation sites (tertiary alicyclic amines) is 1. The molecule has 2 aliphatic heterocycles. The summed E-state index contributed by atoms with van der Waals surface area (Å²) in [6.45, 7) is 4.63. The van der Waals surface area contributed by atoms with Crippen LogP contribution in [0, 0.1) is 0 Å². The summed E-state index contributed by atoms with van der Waals surface area (Å²) in [4.78, 5) is 2.60. The lowest BCUT2D eigenvalue weighted by atomic mass is 10.2. The van der Waals surface area contributed by atoms with Gasteiger partial charge in [-0.05, 0) is 38.8 Å². The Kier molecular flexibility index (Phi) is 3.79. The van der Waals surface area contributed by atoms with Crippen molar-refractivity contribution in [2.45, 2.75) is 37.8 Å². The fourth-order valence-electron chi connectivity index (χ4n) is 2.71. The highest BCUT2D eigenvalue weighted by Gasteiger charge is 2.27. The van der Waals surface area contributed by atoms with Gasteiger partial charge < -0.3 is 10.1 Å². The number of hydrogen-bond acceptors (Lipinski definition) is 3. The van der Waals surface area contributed by atoms with Crippen molar-refractivity contribution in [3.05, 3.63) is 0 Å². The Bertz CT molecular complexity index is 169. The highest BCUT2D eigenvalue weighted by molar-refractivity contribution is 4.85. The molecule has 0 amide bonds. The molecule has 0 aromatic carbocycles. The maximum Gasteiger partial charge on any atom is 0.0618 e. The Morgan fingerprint density at radius 2 is 2.29 bits per heavy atom. The molecule has 3 heteroatoms. The highest BCUT2D eigenvalue weighted by Crippen LogP contribution is 2.19. The molecule has 2 heterocycles. The van der Waals surface area contributed by atoms with Crippen LogP contribution in [0.25, 0.3) is 0 Å². The van der Waals surface area contributed by atoms with E-state index in [0.29, 0.717) is 6.04 Å². The van der Waals surface area contributed by atoms with Gasteiger partial charge in [0.15, 0.2) is 0 Å². The Hall–Kier alpha value is -0.120. The van der Waals surface area contributed by atoms with E-state index in [1.165, 1.54) is 45.3 Å². The molecule has 0 spiro atoms. The second kappa shape index (κ2) is 5.10. The number of nitrogens with zero attached hydrogens (tertiary/aromatic N) is 1. The number of rotatable bonds is 4. The summed E-state index contributed by atoms with van der Waals surface area (Å²) in [5, 5.41) is 3.56. The Morgan fingerprint density at radius 3 is 3.00 bits per heavy atom. The molecular weight excluding hydrogens is 176 g/mol. The van der Waals surface area contributed by atoms with E-state index in [-0.39, 0.29) is 0 Å². The van der Waals surface area contributed by atoms with Crippen molar-refractivity contribution in [1.29, 1.82) is 0 Å². The topological polar surface area (TPSA) is 24.5 Å². The van der Waals surface area contributed by atoms with E-state index in [1.54, 1.807) is 0 Å². The van der Waals surface area contributed by atoms with E-state index in [1.807, 2.05) is 7.11 Å². The molecule has 3 nitrogen and oxygen atoms in total. The molecule has 0 radical (unpaired) electrons. The van der Waals surface area contributed by atoms with Gasteiger partial charge in [0.2, 0.25) is 0 Å². The van der Waals surface area contributed by atoms with Crippen LogP contribution in [0.3, 0.4) is 0 Å². The van der Waals surface area contributed by atoms with Gasteiger partial charge in [0.25, 0.3) is 0 Å². The predicted molar refractivity (Wildman–Crippen MR) is 57.5 cm³/mol. The van der Waals surface area contributed by atoms with E-state index in [2.05, 4.69) is 10.2 Å². The number of nitrogens with one attached hydrogen (secondary N) is 1. The third-order valence-electron chi connectivity index (χ3n) is 3.48. The van der Waals surface area contributed by atoms with Crippen molar-refractivity contribution in [2.75, 3.05) is 33.4 Å². The normalized spacial score (nSPS) is 34.1. The van der Waals surface area contributed by atoms with Gasteiger partial charge in [-0.15, -0.1) is 0 Å². The molecule has 0 aliphatic carbocycles. The van der Waals surface area contributed by atoms with E-state index in [9.17, 15) is 0 Å². The molecule has 0 aromatic heterocycles. The van der Waals surface area contributed by atoms with Crippen LogP contribution >= 0.6 is 0 Å². The van der Waals surface area contributed by atoms with Gasteiger partial charge in [-0.3, -0.25) is 4.90 Å². The van der Waals surface area contributed by atoms with Crippen molar-refractivity contribution in [2.24, 2.45) is 0 Å². The van der Waals surface area contributed by atoms with Crippen LogP contribution in [-0.4, -0.2) is 50.3 Å². The lowest BCUT2D eigenvalue weighted by molar-refractivity contribution is 0.110. The van der Waals surface area contributed by atoms with Gasteiger partial charge in [-0.25, -0.2) is 0 Å². The van der Waals surface area contributed by atoms with Crippen LogP contribution in [0.5, 0.6) is 0 Å². The molecule has 0 bridgehead atoms. The van der Waals surface area contributed by atoms with Crippen molar-refractivity contribution >= 4 is 0 Å². The van der Waals surface area contributed by atoms with Crippen LogP contribution < -0.4 is 5.32 Å². The largest absolute Gasteiger partial charge is 0.383 e. The average molecular weight is 198 g/mol. The van der Waals surface area contributed by atoms with E-state index in [0.717, 1.165) is 12.6 Å². The van der Waals surface area contributed by atoms with Gasteiger partial charge in [-0.1, -0.05) is 0 Å². The van der Waals surface area contributed by atoms with Gasteiger partial charge in [0, 0.05) is 25.7 Å². The SMILES string of the molecule is COCC1CCCN1C[C@@H]1CCCN1. The van der Waals surface area contributed by atoms with Gasteiger partial charge in [0.1, 0.15) is 0 Å². The molecule has 2 aliphatic rings. The molecule has 1 unspecified atom stereocenters. The minimum atomic E-state index is 0.683. The lowest BCUT2D eigenvalue weighted by Crippen LogP contribution is -2.41. The van der Waals surface area contributed by atoms with Crippen molar-refractivity contribution in [3.8, 4) is 0 Å². The van der Waals surface area contributed by atoms with Gasteiger partial charge in [-0.2, -0.15) is 0 Å². The van der Waals surface area contributed by atoms with Crippen molar-refractivity contribution < 1.29 is 4.74 Å². The predicted octanol–water partition coefficient (Wildman–Crippen LogP) is 0.849. The Balaban J connectivity index is 1.77. The van der Waals surface area contributed by atoms with Crippen molar-refractivity contribution in [3.63, 3.8) is 0 Å². The third-order valence-corrected chi connectivity index (χ3v) is 3.48. The van der Waals surface area contributed by atoms with Crippen LogP contribution in [0.15, 0.2) is 0 Å². The van der Waals surface area contributed by atoms with Crippen LogP contribution in [-0.2, 0) is 4.74 Å². The van der Waals surface area contributed by atoms with Gasteiger partial charge in [0.05, 0.1) is 6.61 Å². The molecule has 2 atom stereocenters. The fraction of sp³-hybridized carbons (Fsp3) is 1.00. The van der Waals surface area contributed by atoms with Gasteiger partial charge >= 0.3 is 0 Å². The standard InChI is InChI=1S/C11H22N2O/c1-14-9-11-5-3-7-13(11)8-10-4-2-6-12-10/h10-12H,2-9H2,1H3/t10-,11?/m0/s1. The van der Waals surface area contributed by atoms with E-state index < -0.39 is 0 Å². The smallest absolute Gasteiger partial charge is 0.0618 e. The number of ether oxygens (including phenoxy) is 1. The number of methoxy groups -OCH3 is 1. The summed E-state index contributed by atoms with van der Waals surface area (Å²) in [6.07, 6.45) is 5.38. The summed E-state index contributed by atoms with van der Waals surface area (Å²) in [5.74, 6) is 0. The second-order valence-corrected chi connectivity index (χ2v) is 4.54. The maximum absolute atomic E-state index is 5.26. The first kappa shape index (κ1) is 10.4. The van der Waals surface area contributed by atoms with E-state index in [4.69, 9.17) is 4.74 Å². The second-order valence-electron chi connectivity index (χ2n) is 4.54. The zero-order valence-electron chi connectivity index (χ0n) is 9.17. The third kappa shape index (κ3) is 2.47. The number of hydrogen-bond donors (Lipinski definition) is 1. The quantitative estimate of drug-likeness (QED) is 0.725. The first-order valence-electron chi connectivity index (χ1n) is 5.86. The first-order valence-corrected chi connectivity index (χ1v) is 5.86. The van der Waals surface area contributed by atoms with Crippen LogP contribution in [0.4, 0.5) is 0 Å². The minimum Gasteiger partial charge on any atom is -0.383 e. The Morgan fingerprint density at radius 1 is 1.36 bits per heavy atom. The van der Waals surface area contributed by atoms with Crippen LogP contribution in [0.1, 0.15) is 25.7 Å². The molecule has 2 saturated heterocycles. The molecule has 14 heavy (non-hydrogen) atoms. The monoisotopic (exact) mass is 198 g/mol. The summed E-state index contributed by atoms with van der Waals surface area (Å²) in [7, 11) is 1.81. The summed E-state index contributed by atoms with van der Waals surface area (Å²) < 4.78 is 5.26. The zero-order valence-corrected chi connectivity index (χ0v) is 9.17.